The molecule has 1 N–H and O–H groups in total. The molecule has 4 aromatic rings. The Morgan fingerprint density at radius 2 is 1.84 bits per heavy atom. The number of ether oxygens (including phenoxy) is 1. The standard InChI is InChI=1S/C25H21N5O7/c1-14(35-25(32)16-7-9-19(10-8-16)30(33)34)23-27-28-24(36-23)17-11-18(12-17)26-22(31)20-13-21(37-29-20)15-5-3-2-4-6-15/h2-10,13-14,17-18H,11-12H2,1H3,(H,26,31)/t14-,17?,18?/m0/s1. The summed E-state index contributed by atoms with van der Waals surface area (Å²) in [7, 11) is 0. The van der Waals surface area contributed by atoms with Crippen molar-refractivity contribution >= 4 is 17.6 Å². The maximum Gasteiger partial charge on any atom is 0.338 e. The van der Waals surface area contributed by atoms with E-state index in [9.17, 15) is 19.7 Å². The number of non-ortho nitro benzene ring substituents is 1. The number of nitro benzene ring substituents is 1. The van der Waals surface area contributed by atoms with Gasteiger partial charge in [0.1, 0.15) is 0 Å². The van der Waals surface area contributed by atoms with E-state index in [1.165, 1.54) is 24.3 Å². The lowest BCUT2D eigenvalue weighted by molar-refractivity contribution is -0.384. The SMILES string of the molecule is C[C@H](OC(=O)c1ccc([N+](=O)[O-])cc1)c1nnc(C2CC(NC(=O)c3cc(-c4ccccc4)on3)C2)o1. The highest BCUT2D eigenvalue weighted by atomic mass is 16.6. The Kier molecular flexibility index (Phi) is 6.45. The number of carbonyl (C=O) groups is 2. The van der Waals surface area contributed by atoms with Gasteiger partial charge in [-0.05, 0) is 31.9 Å². The van der Waals surface area contributed by atoms with E-state index in [1.807, 2.05) is 30.3 Å². The fourth-order valence-electron chi connectivity index (χ4n) is 3.89. The molecule has 12 nitrogen and oxygen atoms in total. The minimum absolute atomic E-state index is 0.0405. The predicted molar refractivity (Wildman–Crippen MR) is 126 cm³/mol. The molecule has 0 saturated heterocycles. The summed E-state index contributed by atoms with van der Waals surface area (Å²) >= 11 is 0. The molecule has 1 amide bonds. The lowest BCUT2D eigenvalue weighted by atomic mass is 9.80. The number of nitrogens with one attached hydrogen (secondary N) is 1. The fraction of sp³-hybridized carbons (Fsp3) is 0.240. The van der Waals surface area contributed by atoms with E-state index in [0.29, 0.717) is 24.5 Å². The van der Waals surface area contributed by atoms with Crippen LogP contribution in [0.1, 0.15) is 64.4 Å². The topological polar surface area (TPSA) is 163 Å². The van der Waals surface area contributed by atoms with Crippen molar-refractivity contribution in [3.63, 3.8) is 0 Å². The molecule has 0 aliphatic heterocycles. The van der Waals surface area contributed by atoms with Gasteiger partial charge >= 0.3 is 5.97 Å². The summed E-state index contributed by atoms with van der Waals surface area (Å²) in [6.45, 7) is 1.59. The van der Waals surface area contributed by atoms with Crippen LogP contribution in [0.4, 0.5) is 5.69 Å². The summed E-state index contributed by atoms with van der Waals surface area (Å²) < 4.78 is 16.3. The van der Waals surface area contributed by atoms with Crippen molar-refractivity contribution in [1.82, 2.24) is 20.7 Å². The van der Waals surface area contributed by atoms with Crippen LogP contribution in [0.2, 0.25) is 0 Å². The predicted octanol–water partition coefficient (Wildman–Crippen LogP) is 4.23. The lowest BCUT2D eigenvalue weighted by Gasteiger charge is -2.33. The van der Waals surface area contributed by atoms with Crippen LogP contribution in [0.5, 0.6) is 0 Å². The number of nitro groups is 1. The third-order valence-corrected chi connectivity index (χ3v) is 6.03. The number of rotatable bonds is 8. The molecule has 5 rings (SSSR count). The van der Waals surface area contributed by atoms with Crippen molar-refractivity contribution in [3.8, 4) is 11.3 Å². The molecule has 2 aromatic carbocycles. The normalized spacial score (nSPS) is 17.4. The van der Waals surface area contributed by atoms with Crippen molar-refractivity contribution in [2.24, 2.45) is 0 Å². The van der Waals surface area contributed by atoms with Gasteiger partial charge in [0, 0.05) is 35.7 Å². The number of benzene rings is 2. The molecule has 0 spiro atoms. The van der Waals surface area contributed by atoms with Crippen molar-refractivity contribution in [2.45, 2.75) is 37.8 Å². The van der Waals surface area contributed by atoms with E-state index in [0.717, 1.165) is 5.56 Å². The van der Waals surface area contributed by atoms with Gasteiger partial charge in [0.25, 0.3) is 17.5 Å². The first kappa shape index (κ1) is 23.9. The number of esters is 1. The monoisotopic (exact) mass is 503 g/mol. The third-order valence-electron chi connectivity index (χ3n) is 6.03. The van der Waals surface area contributed by atoms with E-state index in [1.54, 1.807) is 13.0 Å². The molecule has 188 valence electrons. The highest BCUT2D eigenvalue weighted by molar-refractivity contribution is 5.93. The van der Waals surface area contributed by atoms with Crippen LogP contribution < -0.4 is 5.32 Å². The van der Waals surface area contributed by atoms with Crippen molar-refractivity contribution in [2.75, 3.05) is 0 Å². The molecule has 37 heavy (non-hydrogen) atoms. The van der Waals surface area contributed by atoms with E-state index < -0.39 is 17.0 Å². The highest BCUT2D eigenvalue weighted by Gasteiger charge is 2.36. The van der Waals surface area contributed by atoms with Crippen LogP contribution in [0.3, 0.4) is 0 Å². The van der Waals surface area contributed by atoms with Crippen molar-refractivity contribution in [3.05, 3.63) is 93.8 Å². The smallest absolute Gasteiger partial charge is 0.338 e. The Bertz CT molecular complexity index is 1430. The van der Waals surface area contributed by atoms with Crippen molar-refractivity contribution in [1.29, 1.82) is 0 Å². The first-order valence-electron chi connectivity index (χ1n) is 11.5. The molecule has 0 radical (unpaired) electrons. The van der Waals surface area contributed by atoms with E-state index in [4.69, 9.17) is 13.7 Å². The Labute approximate surface area is 209 Å². The fourth-order valence-corrected chi connectivity index (χ4v) is 3.89. The summed E-state index contributed by atoms with van der Waals surface area (Å²) in [5.41, 5.74) is 1.07. The van der Waals surface area contributed by atoms with Crippen LogP contribution in [-0.4, -0.2) is 38.2 Å². The van der Waals surface area contributed by atoms with E-state index in [-0.39, 0.29) is 40.7 Å². The van der Waals surface area contributed by atoms with Gasteiger partial charge in [0.2, 0.25) is 5.89 Å². The minimum Gasteiger partial charge on any atom is -0.449 e. The number of hydrogen-bond donors (Lipinski definition) is 1. The molecule has 2 aromatic heterocycles. The van der Waals surface area contributed by atoms with Gasteiger partial charge in [-0.15, -0.1) is 10.2 Å². The van der Waals surface area contributed by atoms with Gasteiger partial charge in [-0.2, -0.15) is 0 Å². The molecular formula is C25H21N5O7. The Hall–Kier alpha value is -4.87. The number of amides is 1. The zero-order valence-electron chi connectivity index (χ0n) is 19.6. The largest absolute Gasteiger partial charge is 0.449 e. The number of nitrogens with zero attached hydrogens (tertiary/aromatic N) is 4. The number of aromatic nitrogens is 3. The average Bonchev–Trinajstić information content (AvgIpc) is 3.57. The summed E-state index contributed by atoms with van der Waals surface area (Å²) in [5.74, 6) is 0.00452. The van der Waals surface area contributed by atoms with Crippen molar-refractivity contribution < 1.29 is 28.2 Å². The average molecular weight is 503 g/mol. The van der Waals surface area contributed by atoms with Gasteiger partial charge in [-0.3, -0.25) is 14.9 Å². The zero-order valence-corrected chi connectivity index (χ0v) is 19.6. The molecule has 1 aliphatic rings. The summed E-state index contributed by atoms with van der Waals surface area (Å²) in [6, 6.07) is 16.0. The van der Waals surface area contributed by atoms with Gasteiger partial charge in [0.05, 0.1) is 10.5 Å². The maximum absolute atomic E-state index is 12.5. The highest BCUT2D eigenvalue weighted by Crippen LogP contribution is 2.37. The van der Waals surface area contributed by atoms with Crippen LogP contribution in [0.15, 0.2) is 69.6 Å². The minimum atomic E-state index is -0.814. The van der Waals surface area contributed by atoms with Crippen LogP contribution in [0, 0.1) is 10.1 Å². The first-order valence-corrected chi connectivity index (χ1v) is 11.5. The second kappa shape index (κ2) is 10.0. The molecule has 1 fully saturated rings. The van der Waals surface area contributed by atoms with Gasteiger partial charge < -0.3 is 19.0 Å². The molecule has 1 aliphatic carbocycles. The van der Waals surface area contributed by atoms with E-state index in [2.05, 4.69) is 20.7 Å². The first-order chi connectivity index (χ1) is 17.9. The summed E-state index contributed by atoms with van der Waals surface area (Å²) in [5, 5.41) is 25.6. The molecule has 12 heteroatoms. The lowest BCUT2D eigenvalue weighted by Crippen LogP contribution is -2.43. The Balaban J connectivity index is 1.11. The second-order valence-corrected chi connectivity index (χ2v) is 8.61. The quantitative estimate of drug-likeness (QED) is 0.209. The zero-order chi connectivity index (χ0) is 25.9. The summed E-state index contributed by atoms with van der Waals surface area (Å²) in [6.07, 6.45) is 0.395. The third kappa shape index (κ3) is 5.22. The molecule has 0 unspecified atom stereocenters. The van der Waals surface area contributed by atoms with Gasteiger partial charge in [-0.1, -0.05) is 35.5 Å². The van der Waals surface area contributed by atoms with Crippen LogP contribution in [0.25, 0.3) is 11.3 Å². The second-order valence-electron chi connectivity index (χ2n) is 8.61. The summed E-state index contributed by atoms with van der Waals surface area (Å²) in [4.78, 5) is 35.1. The number of hydrogen-bond acceptors (Lipinski definition) is 10. The van der Waals surface area contributed by atoms with E-state index >= 15 is 0 Å². The van der Waals surface area contributed by atoms with Crippen LogP contribution in [-0.2, 0) is 4.74 Å². The molecular weight excluding hydrogens is 482 g/mol. The van der Waals surface area contributed by atoms with Gasteiger partial charge in [-0.25, -0.2) is 4.79 Å². The molecule has 2 heterocycles. The van der Waals surface area contributed by atoms with Gasteiger partial charge in [0.15, 0.2) is 17.6 Å². The Morgan fingerprint density at radius 1 is 1.11 bits per heavy atom. The van der Waals surface area contributed by atoms with Crippen LogP contribution >= 0.6 is 0 Å². The Morgan fingerprint density at radius 3 is 2.54 bits per heavy atom. The molecule has 1 saturated carbocycles. The molecule has 0 bridgehead atoms. The molecule has 1 atom stereocenters. The maximum atomic E-state index is 12.5. The number of carbonyl (C=O) groups excluding carboxylic acids is 2.